The Bertz CT molecular complexity index is 1340. The third-order valence-electron chi connectivity index (χ3n) is 4.67. The van der Waals surface area contributed by atoms with E-state index in [1.165, 1.54) is 23.7 Å². The summed E-state index contributed by atoms with van der Waals surface area (Å²) in [5, 5.41) is 10.1. The van der Waals surface area contributed by atoms with Crippen LogP contribution in [0.3, 0.4) is 0 Å². The van der Waals surface area contributed by atoms with E-state index in [4.69, 9.17) is 11.6 Å². The molecule has 0 bridgehead atoms. The molecule has 0 spiro atoms. The third-order valence-corrected chi connectivity index (χ3v) is 5.02. The molecule has 0 atom stereocenters. The summed E-state index contributed by atoms with van der Waals surface area (Å²) in [7, 11) is 0. The van der Waals surface area contributed by atoms with Crippen molar-refractivity contribution < 1.29 is 22.4 Å². The lowest BCUT2D eigenvalue weighted by atomic mass is 10.2. The SMILES string of the molecule is Cc1cc(C(F)(F)F)n2nc(C(=O)Nc3cc(C)n(Cc4ccccc4F)n3)c(Cl)c2n1. The maximum atomic E-state index is 13.9. The number of aryl methyl sites for hydroxylation is 2. The predicted octanol–water partition coefficient (Wildman–Crippen LogP) is 4.65. The fourth-order valence-electron chi connectivity index (χ4n) is 3.15. The number of halogens is 5. The normalized spacial score (nSPS) is 11.8. The van der Waals surface area contributed by atoms with E-state index in [1.807, 2.05) is 0 Å². The number of nitrogens with zero attached hydrogens (tertiary/aromatic N) is 5. The first-order valence-electron chi connectivity index (χ1n) is 9.27. The Balaban J connectivity index is 1.64. The van der Waals surface area contributed by atoms with Crippen LogP contribution >= 0.6 is 11.6 Å². The number of aromatic nitrogens is 5. The number of carbonyl (C=O) groups is 1. The van der Waals surface area contributed by atoms with Crippen LogP contribution in [-0.4, -0.2) is 30.3 Å². The molecule has 0 aliphatic heterocycles. The van der Waals surface area contributed by atoms with E-state index < -0.39 is 29.3 Å². The minimum atomic E-state index is -4.72. The number of rotatable bonds is 4. The Kier molecular flexibility index (Phi) is 5.37. The first-order valence-corrected chi connectivity index (χ1v) is 9.64. The third kappa shape index (κ3) is 4.03. The summed E-state index contributed by atoms with van der Waals surface area (Å²) in [6, 6.07) is 8.54. The van der Waals surface area contributed by atoms with Crippen molar-refractivity contribution >= 4 is 29.0 Å². The molecule has 0 aliphatic rings. The Morgan fingerprint density at radius 3 is 2.56 bits per heavy atom. The number of alkyl halides is 3. The van der Waals surface area contributed by atoms with E-state index in [1.54, 1.807) is 25.1 Å². The van der Waals surface area contributed by atoms with Crippen molar-refractivity contribution in [2.75, 3.05) is 5.32 Å². The maximum Gasteiger partial charge on any atom is 0.433 e. The van der Waals surface area contributed by atoms with Gasteiger partial charge in [-0.3, -0.25) is 9.48 Å². The van der Waals surface area contributed by atoms with Gasteiger partial charge in [0.2, 0.25) is 0 Å². The summed E-state index contributed by atoms with van der Waals surface area (Å²) in [6.07, 6.45) is -4.72. The molecule has 0 fully saturated rings. The van der Waals surface area contributed by atoms with Crippen LogP contribution < -0.4 is 5.32 Å². The lowest BCUT2D eigenvalue weighted by molar-refractivity contribution is -0.142. The summed E-state index contributed by atoms with van der Waals surface area (Å²) in [5.74, 6) is -1.15. The van der Waals surface area contributed by atoms with Crippen LogP contribution in [0.1, 0.15) is 33.1 Å². The van der Waals surface area contributed by atoms with Crippen molar-refractivity contribution in [2.45, 2.75) is 26.6 Å². The van der Waals surface area contributed by atoms with E-state index in [-0.39, 0.29) is 28.7 Å². The molecule has 32 heavy (non-hydrogen) atoms. The second kappa shape index (κ2) is 7.90. The summed E-state index contributed by atoms with van der Waals surface area (Å²) < 4.78 is 56.0. The smallest absolute Gasteiger partial charge is 0.304 e. The van der Waals surface area contributed by atoms with Gasteiger partial charge in [-0.1, -0.05) is 29.8 Å². The summed E-state index contributed by atoms with van der Waals surface area (Å²) in [4.78, 5) is 16.7. The second-order valence-electron chi connectivity index (χ2n) is 7.05. The number of amides is 1. The molecule has 0 aliphatic carbocycles. The van der Waals surface area contributed by atoms with Crippen LogP contribution in [0, 0.1) is 19.7 Å². The van der Waals surface area contributed by atoms with Crippen LogP contribution in [0.2, 0.25) is 5.02 Å². The van der Waals surface area contributed by atoms with Crippen LogP contribution in [-0.2, 0) is 12.7 Å². The van der Waals surface area contributed by atoms with E-state index in [0.29, 0.717) is 15.8 Å². The zero-order valence-corrected chi connectivity index (χ0v) is 17.5. The standard InChI is InChI=1S/C20H15ClF4N6O/c1-10-7-14(20(23,24)25)31-18(26-10)16(21)17(29-31)19(32)27-15-8-11(2)30(28-15)9-12-5-3-4-6-13(12)22/h3-8H,9H2,1-2H3,(H,27,28,32). The quantitative estimate of drug-likeness (QED) is 0.444. The average molecular weight is 467 g/mol. The molecule has 3 heterocycles. The van der Waals surface area contributed by atoms with Gasteiger partial charge in [0.25, 0.3) is 5.91 Å². The number of nitrogens with one attached hydrogen (secondary N) is 1. The van der Waals surface area contributed by atoms with Gasteiger partial charge >= 0.3 is 6.18 Å². The highest BCUT2D eigenvalue weighted by Crippen LogP contribution is 2.32. The molecule has 4 aromatic rings. The monoisotopic (exact) mass is 466 g/mol. The first-order chi connectivity index (χ1) is 15.0. The average Bonchev–Trinajstić information content (AvgIpc) is 3.22. The van der Waals surface area contributed by atoms with E-state index >= 15 is 0 Å². The highest BCUT2D eigenvalue weighted by Gasteiger charge is 2.36. The zero-order valence-electron chi connectivity index (χ0n) is 16.7. The highest BCUT2D eigenvalue weighted by molar-refractivity contribution is 6.37. The molecule has 3 aromatic heterocycles. The second-order valence-corrected chi connectivity index (χ2v) is 7.43. The molecule has 1 N–H and O–H groups in total. The topological polar surface area (TPSA) is 77.1 Å². The summed E-state index contributed by atoms with van der Waals surface area (Å²) in [6.45, 7) is 3.22. The van der Waals surface area contributed by atoms with Crippen LogP contribution in [0.4, 0.5) is 23.4 Å². The molecule has 0 radical (unpaired) electrons. The van der Waals surface area contributed by atoms with Crippen LogP contribution in [0.25, 0.3) is 5.65 Å². The number of carbonyl (C=O) groups excluding carboxylic acids is 1. The van der Waals surface area contributed by atoms with Crippen molar-refractivity contribution in [3.05, 3.63) is 75.6 Å². The zero-order chi connectivity index (χ0) is 23.2. The van der Waals surface area contributed by atoms with E-state index in [2.05, 4.69) is 20.5 Å². The van der Waals surface area contributed by atoms with Gasteiger partial charge in [0, 0.05) is 23.0 Å². The highest BCUT2D eigenvalue weighted by atomic mass is 35.5. The Labute approximate surface area is 183 Å². The van der Waals surface area contributed by atoms with Gasteiger partial charge in [-0.25, -0.2) is 13.9 Å². The number of benzene rings is 1. The van der Waals surface area contributed by atoms with E-state index in [0.717, 1.165) is 6.07 Å². The van der Waals surface area contributed by atoms with Gasteiger partial charge in [-0.05, 0) is 26.0 Å². The summed E-state index contributed by atoms with van der Waals surface area (Å²) in [5.41, 5.74) is -0.726. The van der Waals surface area contributed by atoms with Gasteiger partial charge in [-0.15, -0.1) is 0 Å². The number of anilines is 1. The molecular weight excluding hydrogens is 452 g/mol. The van der Waals surface area contributed by atoms with Gasteiger partial charge in [-0.2, -0.15) is 23.4 Å². The van der Waals surface area contributed by atoms with Crippen LogP contribution in [0.15, 0.2) is 36.4 Å². The number of hydrogen-bond acceptors (Lipinski definition) is 4. The Morgan fingerprint density at radius 2 is 1.88 bits per heavy atom. The van der Waals surface area contributed by atoms with Gasteiger partial charge in [0.1, 0.15) is 16.5 Å². The van der Waals surface area contributed by atoms with Crippen molar-refractivity contribution in [3.8, 4) is 0 Å². The Morgan fingerprint density at radius 1 is 1.16 bits per heavy atom. The van der Waals surface area contributed by atoms with Crippen molar-refractivity contribution in [1.29, 1.82) is 0 Å². The van der Waals surface area contributed by atoms with Gasteiger partial charge < -0.3 is 5.32 Å². The lowest BCUT2D eigenvalue weighted by Crippen LogP contribution is -2.16. The molecule has 4 rings (SSSR count). The maximum absolute atomic E-state index is 13.9. The molecule has 7 nitrogen and oxygen atoms in total. The fraction of sp³-hybridized carbons (Fsp3) is 0.200. The number of hydrogen-bond donors (Lipinski definition) is 1. The van der Waals surface area contributed by atoms with Crippen molar-refractivity contribution in [3.63, 3.8) is 0 Å². The van der Waals surface area contributed by atoms with Gasteiger partial charge in [0.15, 0.2) is 17.2 Å². The molecule has 0 saturated heterocycles. The molecular formula is C20H15ClF4N6O. The van der Waals surface area contributed by atoms with Crippen molar-refractivity contribution in [1.82, 2.24) is 24.4 Å². The number of fused-ring (bicyclic) bond motifs is 1. The molecule has 0 unspecified atom stereocenters. The largest absolute Gasteiger partial charge is 0.433 e. The van der Waals surface area contributed by atoms with Crippen molar-refractivity contribution in [2.24, 2.45) is 0 Å². The molecule has 0 saturated carbocycles. The molecule has 12 heteroatoms. The molecule has 1 amide bonds. The van der Waals surface area contributed by atoms with Gasteiger partial charge in [0.05, 0.1) is 6.54 Å². The lowest BCUT2D eigenvalue weighted by Gasteiger charge is -2.09. The van der Waals surface area contributed by atoms with Crippen LogP contribution in [0.5, 0.6) is 0 Å². The first kappa shape index (κ1) is 21.8. The minimum absolute atomic E-state index is 0.0705. The van der Waals surface area contributed by atoms with E-state index in [9.17, 15) is 22.4 Å². The fourth-order valence-corrected chi connectivity index (χ4v) is 3.40. The molecule has 1 aromatic carbocycles. The minimum Gasteiger partial charge on any atom is -0.304 e. The summed E-state index contributed by atoms with van der Waals surface area (Å²) >= 11 is 6.13. The predicted molar refractivity (Wildman–Crippen MR) is 108 cm³/mol. The molecule has 166 valence electrons. The Hall–Kier alpha value is -3.47.